The lowest BCUT2D eigenvalue weighted by Crippen LogP contribution is -2.43. The van der Waals surface area contributed by atoms with Crippen molar-refractivity contribution in [2.24, 2.45) is 17.4 Å². The molecule has 0 bridgehead atoms. The van der Waals surface area contributed by atoms with Gasteiger partial charge in [0.15, 0.2) is 0 Å². The Kier molecular flexibility index (Phi) is 12.4. The third-order valence-electron chi connectivity index (χ3n) is 5.52. The van der Waals surface area contributed by atoms with Crippen molar-refractivity contribution in [3.05, 3.63) is 60.8 Å². The van der Waals surface area contributed by atoms with Crippen LogP contribution in [0.3, 0.4) is 0 Å². The molecule has 0 spiro atoms. The molecule has 0 heterocycles. The summed E-state index contributed by atoms with van der Waals surface area (Å²) in [6.07, 6.45) is 5.04. The lowest BCUT2D eigenvalue weighted by atomic mass is 9.82. The lowest BCUT2D eigenvalue weighted by molar-refractivity contribution is -0.00377. The number of halogens is 2. The van der Waals surface area contributed by atoms with Crippen LogP contribution in [0.15, 0.2) is 49.4 Å². The molecule has 0 radical (unpaired) electrons. The summed E-state index contributed by atoms with van der Waals surface area (Å²) in [4.78, 5) is 1.77. The van der Waals surface area contributed by atoms with Crippen LogP contribution in [0.1, 0.15) is 44.1 Å². The van der Waals surface area contributed by atoms with Crippen LogP contribution in [0.4, 0.5) is 8.28 Å². The smallest absolute Gasteiger partial charge is 0.274 e. The number of rotatable bonds is 10. The molecule has 3 atom stereocenters. The minimum atomic E-state index is -2.59. The number of nitrogens with two attached hydrogens (primary N) is 2. The molecule has 6 nitrogen and oxygen atoms in total. The highest BCUT2D eigenvalue weighted by molar-refractivity contribution is 7.77. The molecule has 0 saturated heterocycles. The van der Waals surface area contributed by atoms with E-state index in [2.05, 4.69) is 23.6 Å². The fraction of sp³-hybridized carbons (Fsp3) is 0.545. The van der Waals surface area contributed by atoms with Gasteiger partial charge in [0.25, 0.3) is 11.4 Å². The number of ether oxygens (including phenoxy) is 1. The van der Waals surface area contributed by atoms with E-state index in [1.54, 1.807) is 31.0 Å². The topological polar surface area (TPSA) is 93.6 Å². The summed E-state index contributed by atoms with van der Waals surface area (Å²) in [7, 11) is 1.80. The van der Waals surface area contributed by atoms with Crippen LogP contribution in [0, 0.1) is 11.7 Å². The second-order valence-electron chi connectivity index (χ2n) is 7.86. The molecule has 176 valence electrons. The maximum atomic E-state index is 13.4. The average Bonchev–Trinajstić information content (AvgIpc) is 2.71. The molecule has 0 aromatic heterocycles. The van der Waals surface area contributed by atoms with Crippen LogP contribution in [0.5, 0.6) is 0 Å². The molecule has 1 aliphatic rings. The van der Waals surface area contributed by atoms with Gasteiger partial charge >= 0.3 is 0 Å². The van der Waals surface area contributed by atoms with Gasteiger partial charge in [0.05, 0.1) is 18.5 Å². The van der Waals surface area contributed by atoms with Gasteiger partial charge in [0.1, 0.15) is 5.82 Å². The van der Waals surface area contributed by atoms with Crippen molar-refractivity contribution in [1.29, 1.82) is 0 Å². The van der Waals surface area contributed by atoms with Crippen molar-refractivity contribution in [3.8, 4) is 0 Å². The first kappa shape index (κ1) is 27.1. The summed E-state index contributed by atoms with van der Waals surface area (Å²) in [6.45, 7) is 9.53. The summed E-state index contributed by atoms with van der Waals surface area (Å²) in [6, 6.07) is 6.46. The van der Waals surface area contributed by atoms with Crippen molar-refractivity contribution >= 4 is 11.4 Å². The molecule has 1 saturated carbocycles. The molecule has 9 heteroatoms. The van der Waals surface area contributed by atoms with Gasteiger partial charge in [-0.25, -0.2) is 13.3 Å². The quantitative estimate of drug-likeness (QED) is 0.467. The van der Waals surface area contributed by atoms with Crippen LogP contribution in [-0.2, 0) is 16.1 Å². The molecule has 0 aliphatic heterocycles. The Morgan fingerprint density at radius 2 is 2.03 bits per heavy atom. The van der Waals surface area contributed by atoms with E-state index in [1.807, 2.05) is 6.07 Å². The Bertz CT molecular complexity index is 715. The van der Waals surface area contributed by atoms with Gasteiger partial charge in [-0.05, 0) is 62.4 Å². The molecule has 5 N–H and O–H groups in total. The molecule has 1 aromatic carbocycles. The largest absolute Gasteiger partial charge is 0.405 e. The maximum Gasteiger partial charge on any atom is 0.274 e. The minimum Gasteiger partial charge on any atom is -0.405 e. The maximum absolute atomic E-state index is 13.4. The Balaban J connectivity index is 0.00000151. The van der Waals surface area contributed by atoms with Crippen molar-refractivity contribution in [2.75, 3.05) is 20.2 Å². The minimum absolute atomic E-state index is 0.106. The second kappa shape index (κ2) is 14.2. The zero-order chi connectivity index (χ0) is 23.4. The van der Waals surface area contributed by atoms with Gasteiger partial charge in [-0.2, -0.15) is 0 Å². The van der Waals surface area contributed by atoms with Crippen LogP contribution in [0.2, 0.25) is 0 Å². The first-order valence-corrected chi connectivity index (χ1v) is 11.4. The van der Waals surface area contributed by atoms with Crippen molar-refractivity contribution in [2.45, 2.75) is 50.7 Å². The molecule has 1 aromatic rings. The third-order valence-corrected chi connectivity index (χ3v) is 6.08. The molecule has 2 rings (SSSR count). The number of benzene rings is 1. The molecule has 1 fully saturated rings. The first-order valence-electron chi connectivity index (χ1n) is 10.4. The second-order valence-corrected chi connectivity index (χ2v) is 8.54. The van der Waals surface area contributed by atoms with Gasteiger partial charge in [-0.15, -0.1) is 3.89 Å². The predicted molar refractivity (Wildman–Crippen MR) is 123 cm³/mol. The Morgan fingerprint density at radius 3 is 2.55 bits per heavy atom. The van der Waals surface area contributed by atoms with Gasteiger partial charge in [-0.1, -0.05) is 25.3 Å². The summed E-state index contributed by atoms with van der Waals surface area (Å²) in [5.41, 5.74) is 11.4. The monoisotopic (exact) mass is 458 g/mol. The summed E-state index contributed by atoms with van der Waals surface area (Å²) in [5.74, 6) is 0.462. The fourth-order valence-electron chi connectivity index (χ4n) is 3.65. The van der Waals surface area contributed by atoms with E-state index in [1.165, 1.54) is 12.3 Å². The lowest BCUT2D eigenvalue weighted by Gasteiger charge is -2.33. The van der Waals surface area contributed by atoms with Gasteiger partial charge in [0.2, 0.25) is 0 Å². The highest BCUT2D eigenvalue weighted by Gasteiger charge is 2.26. The van der Waals surface area contributed by atoms with Crippen LogP contribution < -0.4 is 16.2 Å². The van der Waals surface area contributed by atoms with E-state index in [9.17, 15) is 12.5 Å². The summed E-state index contributed by atoms with van der Waals surface area (Å²) < 4.78 is 45.7. The third kappa shape index (κ3) is 10.3. The van der Waals surface area contributed by atoms with E-state index >= 15 is 0 Å². The van der Waals surface area contributed by atoms with Gasteiger partial charge in [0, 0.05) is 25.6 Å². The first-order chi connectivity index (χ1) is 14.7. The van der Waals surface area contributed by atoms with Crippen molar-refractivity contribution in [3.63, 3.8) is 0 Å². The standard InChI is InChI=1S/C20H31F2N3O2S.C2H5N/c1-14(24-28(22)26)18(12-25(3)15(2)23)13-27-20-9-7-16(8-10-20)17-5-4-6-19(21)11-17;1-2-3/h4-6,11,14,16,18,20,24H,2,7-10,12-13,23H2,1,3H3;2H,1,3H2. The highest BCUT2D eigenvalue weighted by Crippen LogP contribution is 2.34. The summed E-state index contributed by atoms with van der Waals surface area (Å²) in [5, 5.41) is 0. The number of nitrogens with one attached hydrogen (secondary N) is 1. The summed E-state index contributed by atoms with van der Waals surface area (Å²) >= 11 is -2.59. The number of nitrogens with zero attached hydrogens (tertiary/aromatic N) is 1. The fourth-order valence-corrected chi connectivity index (χ4v) is 4.13. The van der Waals surface area contributed by atoms with Crippen molar-refractivity contribution in [1.82, 2.24) is 9.62 Å². The molecular weight excluding hydrogens is 422 g/mol. The van der Waals surface area contributed by atoms with Crippen LogP contribution >= 0.6 is 0 Å². The van der Waals surface area contributed by atoms with E-state index in [0.29, 0.717) is 24.9 Å². The highest BCUT2D eigenvalue weighted by atomic mass is 32.2. The average molecular weight is 459 g/mol. The van der Waals surface area contributed by atoms with Gasteiger partial charge < -0.3 is 21.1 Å². The zero-order valence-corrected chi connectivity index (χ0v) is 19.3. The SMILES string of the molecule is C=C(N)N(C)CC(COC1CCC(c2cccc(F)c2)CC1)C(C)NS(=O)F.C=CN. The van der Waals surface area contributed by atoms with Crippen molar-refractivity contribution < 1.29 is 17.2 Å². The molecular formula is C22H36F2N4O2S. The Hall–Kier alpha value is -1.97. The van der Waals surface area contributed by atoms with E-state index < -0.39 is 11.4 Å². The van der Waals surface area contributed by atoms with Crippen LogP contribution in [-0.4, -0.2) is 41.5 Å². The number of hydrogen-bond acceptors (Lipinski definition) is 5. The number of hydrogen-bond donors (Lipinski definition) is 3. The Labute approximate surface area is 187 Å². The Morgan fingerprint density at radius 1 is 1.42 bits per heavy atom. The normalized spacial score (nSPS) is 21.2. The molecule has 31 heavy (non-hydrogen) atoms. The molecule has 1 aliphatic carbocycles. The zero-order valence-electron chi connectivity index (χ0n) is 18.4. The van der Waals surface area contributed by atoms with Gasteiger partial charge in [-0.3, -0.25) is 0 Å². The van der Waals surface area contributed by atoms with Crippen LogP contribution in [0.25, 0.3) is 0 Å². The molecule has 3 unspecified atom stereocenters. The predicted octanol–water partition coefficient (Wildman–Crippen LogP) is 3.46. The van der Waals surface area contributed by atoms with E-state index in [-0.39, 0.29) is 23.9 Å². The molecule has 0 amide bonds. The van der Waals surface area contributed by atoms with E-state index in [4.69, 9.17) is 10.5 Å². The van der Waals surface area contributed by atoms with E-state index in [0.717, 1.165) is 31.2 Å².